The van der Waals surface area contributed by atoms with Crippen molar-refractivity contribution >= 4 is 16.1 Å². The number of unbranched alkanes of at least 4 members (excludes halogenated alkanes) is 2. The molecule has 0 bridgehead atoms. The summed E-state index contributed by atoms with van der Waals surface area (Å²) >= 11 is 0. The highest BCUT2D eigenvalue weighted by Gasteiger charge is 1.99. The summed E-state index contributed by atoms with van der Waals surface area (Å²) in [5.74, 6) is -0.352. The fraction of sp³-hybridized carbons (Fsp3) is 0.700. The van der Waals surface area contributed by atoms with Gasteiger partial charge in [0.1, 0.15) is 0 Å². The number of carbonyl (C=O) groups is 1. The van der Waals surface area contributed by atoms with Gasteiger partial charge in [0.15, 0.2) is 0 Å². The summed E-state index contributed by atoms with van der Waals surface area (Å²) in [4.78, 5) is 10.9. The number of allylic oxidation sites excluding steroid dienone is 1. The third-order valence-electron chi connectivity index (χ3n) is 1.60. The summed E-state index contributed by atoms with van der Waals surface area (Å²) in [7, 11) is -3.33. The molecule has 0 aromatic rings. The van der Waals surface area contributed by atoms with Crippen LogP contribution < -0.4 is 0 Å². The average molecular weight is 250 g/mol. The lowest BCUT2D eigenvalue weighted by atomic mass is 10.2. The van der Waals surface area contributed by atoms with E-state index in [9.17, 15) is 13.2 Å². The second-order valence-corrected chi connectivity index (χ2v) is 4.82. The van der Waals surface area contributed by atoms with Crippen LogP contribution in [0.15, 0.2) is 12.2 Å². The third-order valence-corrected chi connectivity index (χ3v) is 2.20. The Balaban J connectivity index is 3.43. The molecule has 0 spiro atoms. The van der Waals surface area contributed by atoms with Gasteiger partial charge in [-0.2, -0.15) is 8.42 Å². The zero-order valence-electron chi connectivity index (χ0n) is 9.64. The van der Waals surface area contributed by atoms with Crippen molar-refractivity contribution < 1.29 is 22.1 Å². The van der Waals surface area contributed by atoms with E-state index in [1.165, 1.54) is 6.08 Å². The average Bonchev–Trinajstić information content (AvgIpc) is 2.15. The quantitative estimate of drug-likeness (QED) is 0.281. The van der Waals surface area contributed by atoms with Crippen molar-refractivity contribution in [1.82, 2.24) is 0 Å². The highest BCUT2D eigenvalue weighted by atomic mass is 32.2. The fourth-order valence-electron chi connectivity index (χ4n) is 0.944. The van der Waals surface area contributed by atoms with Crippen LogP contribution in [-0.4, -0.2) is 33.9 Å². The Kier molecular flexibility index (Phi) is 7.84. The summed E-state index contributed by atoms with van der Waals surface area (Å²) < 4.78 is 30.4. The zero-order chi connectivity index (χ0) is 12.4. The van der Waals surface area contributed by atoms with E-state index in [1.807, 2.05) is 0 Å². The molecule has 0 aromatic carbocycles. The van der Waals surface area contributed by atoms with Crippen LogP contribution in [-0.2, 0) is 23.8 Å². The van der Waals surface area contributed by atoms with Crippen LogP contribution in [0.5, 0.6) is 0 Å². The number of hydrogen-bond donors (Lipinski definition) is 0. The van der Waals surface area contributed by atoms with Gasteiger partial charge < -0.3 is 4.74 Å². The van der Waals surface area contributed by atoms with E-state index < -0.39 is 10.1 Å². The fourth-order valence-corrected chi connectivity index (χ4v) is 1.37. The second kappa shape index (κ2) is 8.29. The van der Waals surface area contributed by atoms with Gasteiger partial charge in [0.2, 0.25) is 0 Å². The Hall–Kier alpha value is -0.880. The molecule has 16 heavy (non-hydrogen) atoms. The Labute approximate surface area is 96.6 Å². The van der Waals surface area contributed by atoms with E-state index in [2.05, 4.69) is 8.92 Å². The summed E-state index contributed by atoms with van der Waals surface area (Å²) in [6, 6.07) is 0. The second-order valence-electron chi connectivity index (χ2n) is 3.18. The summed E-state index contributed by atoms with van der Waals surface area (Å²) in [6.07, 6.45) is 6.21. The largest absolute Gasteiger partial charge is 0.463 e. The zero-order valence-corrected chi connectivity index (χ0v) is 10.5. The number of rotatable bonds is 8. The van der Waals surface area contributed by atoms with Gasteiger partial charge in [-0.25, -0.2) is 4.79 Å². The van der Waals surface area contributed by atoms with Crippen molar-refractivity contribution in [3.05, 3.63) is 12.2 Å². The van der Waals surface area contributed by atoms with E-state index in [4.69, 9.17) is 0 Å². The number of ether oxygens (including phenoxy) is 1. The van der Waals surface area contributed by atoms with E-state index in [-0.39, 0.29) is 12.6 Å². The maximum atomic E-state index is 10.9. The van der Waals surface area contributed by atoms with Gasteiger partial charge >= 0.3 is 5.97 Å². The molecule has 94 valence electrons. The molecule has 0 N–H and O–H groups in total. The molecule has 0 heterocycles. The molecule has 0 aliphatic carbocycles. The molecule has 0 aliphatic heterocycles. The number of hydrogen-bond acceptors (Lipinski definition) is 5. The predicted molar refractivity (Wildman–Crippen MR) is 60.4 cm³/mol. The number of carbonyl (C=O) groups excluding carboxylic acids is 1. The van der Waals surface area contributed by atoms with E-state index in [0.717, 1.165) is 12.7 Å². The smallest absolute Gasteiger partial charge is 0.330 e. The monoisotopic (exact) mass is 250 g/mol. The molecular formula is C10H18O5S. The molecule has 0 aromatic heterocycles. The Bertz CT molecular complexity index is 318. The SMILES string of the molecule is CCOC(=O)/C=C/CCCCOS(C)(=O)=O. The van der Waals surface area contributed by atoms with E-state index in [0.29, 0.717) is 19.4 Å². The first-order valence-electron chi connectivity index (χ1n) is 5.13. The van der Waals surface area contributed by atoms with Crippen LogP contribution >= 0.6 is 0 Å². The van der Waals surface area contributed by atoms with Crippen molar-refractivity contribution in [2.45, 2.75) is 26.2 Å². The molecule has 0 saturated carbocycles. The number of esters is 1. The molecule has 0 radical (unpaired) electrons. The molecule has 0 rings (SSSR count). The lowest BCUT2D eigenvalue weighted by molar-refractivity contribution is -0.137. The molecule has 0 amide bonds. The molecule has 0 saturated heterocycles. The normalized spacial score (nSPS) is 11.9. The van der Waals surface area contributed by atoms with Crippen molar-refractivity contribution in [1.29, 1.82) is 0 Å². The van der Waals surface area contributed by atoms with Crippen molar-refractivity contribution in [2.24, 2.45) is 0 Å². The first-order chi connectivity index (χ1) is 7.45. The van der Waals surface area contributed by atoms with Crippen LogP contribution in [0.4, 0.5) is 0 Å². The van der Waals surface area contributed by atoms with Gasteiger partial charge in [-0.3, -0.25) is 4.18 Å². The van der Waals surface area contributed by atoms with Gasteiger partial charge in [-0.1, -0.05) is 6.08 Å². The topological polar surface area (TPSA) is 69.7 Å². The minimum Gasteiger partial charge on any atom is -0.463 e. The predicted octanol–water partition coefficient (Wildman–Crippen LogP) is 1.25. The first-order valence-corrected chi connectivity index (χ1v) is 6.95. The maximum Gasteiger partial charge on any atom is 0.330 e. The minimum absolute atomic E-state index is 0.187. The van der Waals surface area contributed by atoms with Gasteiger partial charge in [-0.05, 0) is 26.2 Å². The molecule has 0 atom stereocenters. The molecule has 0 fully saturated rings. The summed E-state index contributed by atoms with van der Waals surface area (Å²) in [6.45, 7) is 2.30. The molecule has 0 unspecified atom stereocenters. The maximum absolute atomic E-state index is 10.9. The molecule has 6 heteroatoms. The molecular weight excluding hydrogens is 232 g/mol. The van der Waals surface area contributed by atoms with Crippen LogP contribution in [0.1, 0.15) is 26.2 Å². The molecule has 0 aliphatic rings. The van der Waals surface area contributed by atoms with E-state index in [1.54, 1.807) is 13.0 Å². The molecule has 5 nitrogen and oxygen atoms in total. The van der Waals surface area contributed by atoms with Crippen molar-refractivity contribution in [3.63, 3.8) is 0 Å². The third kappa shape index (κ3) is 11.2. The highest BCUT2D eigenvalue weighted by molar-refractivity contribution is 7.85. The van der Waals surface area contributed by atoms with Gasteiger partial charge in [-0.15, -0.1) is 0 Å². The van der Waals surface area contributed by atoms with Crippen molar-refractivity contribution in [2.75, 3.05) is 19.5 Å². The van der Waals surface area contributed by atoms with Crippen LogP contribution in [0.2, 0.25) is 0 Å². The first kappa shape index (κ1) is 15.1. The van der Waals surface area contributed by atoms with E-state index >= 15 is 0 Å². The minimum atomic E-state index is -3.33. The van der Waals surface area contributed by atoms with Crippen molar-refractivity contribution in [3.8, 4) is 0 Å². The Morgan fingerprint density at radius 2 is 2.00 bits per heavy atom. The van der Waals surface area contributed by atoms with Gasteiger partial charge in [0.25, 0.3) is 10.1 Å². The highest BCUT2D eigenvalue weighted by Crippen LogP contribution is 1.99. The lowest BCUT2D eigenvalue weighted by Crippen LogP contribution is -2.03. The Morgan fingerprint density at radius 3 is 2.56 bits per heavy atom. The standard InChI is InChI=1S/C10H18O5S/c1-3-14-10(11)8-6-4-5-7-9-15-16(2,12)13/h6,8H,3-5,7,9H2,1-2H3/b8-6+. The van der Waals surface area contributed by atoms with Crippen LogP contribution in [0, 0.1) is 0 Å². The van der Waals surface area contributed by atoms with Gasteiger partial charge in [0, 0.05) is 6.08 Å². The summed E-state index contributed by atoms with van der Waals surface area (Å²) in [5, 5.41) is 0. The Morgan fingerprint density at radius 1 is 1.31 bits per heavy atom. The van der Waals surface area contributed by atoms with Crippen LogP contribution in [0.25, 0.3) is 0 Å². The van der Waals surface area contributed by atoms with Crippen LogP contribution in [0.3, 0.4) is 0 Å². The summed E-state index contributed by atoms with van der Waals surface area (Å²) in [5.41, 5.74) is 0. The lowest BCUT2D eigenvalue weighted by Gasteiger charge is -1.99. The van der Waals surface area contributed by atoms with Gasteiger partial charge in [0.05, 0.1) is 19.5 Å².